The van der Waals surface area contributed by atoms with E-state index >= 15 is 0 Å². The van der Waals surface area contributed by atoms with Gasteiger partial charge < -0.3 is 25.4 Å². The average Bonchev–Trinajstić information content (AvgIpc) is 3.64. The first kappa shape index (κ1) is 49.7. The maximum absolute atomic E-state index is 12.7. The zero-order chi connectivity index (χ0) is 48.6. The fourth-order valence-electron chi connectivity index (χ4n) is 6.59. The van der Waals surface area contributed by atoms with E-state index in [-0.39, 0.29) is 100 Å². The quantitative estimate of drug-likeness (QED) is 0.0100. The second-order valence-electron chi connectivity index (χ2n) is 14.6. The van der Waals surface area contributed by atoms with Crippen molar-refractivity contribution in [2.24, 2.45) is 36.4 Å². The Bertz CT molecular complexity index is 3150. The van der Waals surface area contributed by atoms with Gasteiger partial charge in [0.1, 0.15) is 28.6 Å². The number of aliphatic carboxylic acids is 1. The number of primary amides is 1. The van der Waals surface area contributed by atoms with Crippen LogP contribution >= 0.6 is 12.0 Å². The molecule has 1 aliphatic rings. The number of nitrogens with two attached hydrogens (primary N) is 1. The number of hydrogen-bond donors (Lipinski definition) is 6. The van der Waals surface area contributed by atoms with Gasteiger partial charge in [0.2, 0.25) is 5.88 Å². The molecular weight excluding hydrogens is 943 g/mol. The van der Waals surface area contributed by atoms with E-state index in [4.69, 9.17) is 20.5 Å². The number of fused-ring (bicyclic) bond motifs is 3. The van der Waals surface area contributed by atoms with Gasteiger partial charge in [0.15, 0.2) is 5.65 Å². The third kappa shape index (κ3) is 12.6. The summed E-state index contributed by atoms with van der Waals surface area (Å²) in [6.07, 6.45) is 1.49. The van der Waals surface area contributed by atoms with Crippen LogP contribution in [0, 0.1) is 20.8 Å². The van der Waals surface area contributed by atoms with E-state index in [0.29, 0.717) is 45.5 Å². The van der Waals surface area contributed by atoms with Crippen molar-refractivity contribution in [3.05, 3.63) is 93.0 Å². The molecular formula is C40H41N9O15S3. The second-order valence-corrected chi connectivity index (χ2v) is 18.6. The number of azo groups is 3. The monoisotopic (exact) mass is 983 g/mol. The molecule has 6 rings (SSSR count). The molecule has 0 aliphatic heterocycles. The Hall–Kier alpha value is -6.72. The number of imidazole rings is 1. The number of hydrogen-bond acceptors (Lipinski definition) is 20. The summed E-state index contributed by atoms with van der Waals surface area (Å²) >= 11 is 0.628. The number of carbonyl (C=O) groups excluding carboxylic acids is 1. The molecule has 67 heavy (non-hydrogen) atoms. The number of carbonyl (C=O) groups is 2. The Morgan fingerprint density at radius 1 is 0.806 bits per heavy atom. The Morgan fingerprint density at radius 3 is 1.91 bits per heavy atom. The van der Waals surface area contributed by atoms with E-state index in [2.05, 4.69) is 45.0 Å². The van der Waals surface area contributed by atoms with E-state index in [1.165, 1.54) is 41.7 Å². The predicted octanol–water partition coefficient (Wildman–Crippen LogP) is 8.53. The average molecular weight is 984 g/mol. The van der Waals surface area contributed by atoms with Crippen LogP contribution in [-0.4, -0.2) is 87.4 Å². The summed E-state index contributed by atoms with van der Waals surface area (Å²) < 4.78 is 81.7. The van der Waals surface area contributed by atoms with Crippen molar-refractivity contribution in [3.8, 4) is 17.4 Å². The van der Waals surface area contributed by atoms with Gasteiger partial charge in [0.05, 0.1) is 76.0 Å². The number of carboxylic acid groups (broad SMARTS) is 1. The highest BCUT2D eigenvalue weighted by Gasteiger charge is 2.24. The third-order valence-electron chi connectivity index (χ3n) is 9.78. The number of rotatable bonds is 21. The SMILES string of the molecule is Cc1cc(N=Nc2cc(OCCCS(=O)(=O)O)c(N=Nc3c(C)c(C(N)=O)c4nc5ccccc5n4c3O)cc2C)c(OCCCS(=O)(=O)O)cc1N=NC1=C(C(=O)O)C=C(SOOO)CC1. The lowest BCUT2D eigenvalue weighted by Gasteiger charge is -2.14. The van der Waals surface area contributed by atoms with Crippen LogP contribution in [0.25, 0.3) is 16.7 Å². The van der Waals surface area contributed by atoms with Crippen molar-refractivity contribution < 1.29 is 69.8 Å². The van der Waals surface area contributed by atoms with Crippen molar-refractivity contribution in [3.63, 3.8) is 0 Å². The fourth-order valence-corrected chi connectivity index (χ4v) is 8.02. The molecule has 1 amide bonds. The minimum atomic E-state index is -4.32. The van der Waals surface area contributed by atoms with Gasteiger partial charge in [-0.3, -0.25) is 18.3 Å². The molecule has 7 N–H and O–H groups in total. The van der Waals surface area contributed by atoms with Crippen LogP contribution in [0.4, 0.5) is 28.4 Å². The van der Waals surface area contributed by atoms with Gasteiger partial charge in [-0.25, -0.2) is 15.0 Å². The molecule has 0 fully saturated rings. The fraction of sp³-hybridized carbons (Fsp3) is 0.275. The predicted molar refractivity (Wildman–Crippen MR) is 240 cm³/mol. The van der Waals surface area contributed by atoms with Crippen molar-refractivity contribution >= 4 is 89.3 Å². The third-order valence-corrected chi connectivity index (χ3v) is 12.1. The van der Waals surface area contributed by atoms with Gasteiger partial charge in [-0.2, -0.15) is 32.2 Å². The Labute approximate surface area is 385 Å². The van der Waals surface area contributed by atoms with Gasteiger partial charge >= 0.3 is 5.97 Å². The topological polar surface area (TPSA) is 358 Å². The molecule has 1 aliphatic carbocycles. The zero-order valence-electron chi connectivity index (χ0n) is 35.6. The van der Waals surface area contributed by atoms with Crippen molar-refractivity contribution in [1.82, 2.24) is 9.38 Å². The van der Waals surface area contributed by atoms with Crippen molar-refractivity contribution in [2.45, 2.75) is 46.5 Å². The Morgan fingerprint density at radius 2 is 1.36 bits per heavy atom. The summed E-state index contributed by atoms with van der Waals surface area (Å²) in [4.78, 5) is 29.7. The van der Waals surface area contributed by atoms with Crippen molar-refractivity contribution in [1.29, 1.82) is 0 Å². The lowest BCUT2D eigenvalue weighted by molar-refractivity contribution is -0.431. The van der Waals surface area contributed by atoms with Crippen LogP contribution in [0.3, 0.4) is 0 Å². The van der Waals surface area contributed by atoms with E-state index in [0.717, 1.165) is 0 Å². The molecule has 24 nitrogen and oxygen atoms in total. The van der Waals surface area contributed by atoms with Gasteiger partial charge in [-0.1, -0.05) is 17.2 Å². The summed E-state index contributed by atoms with van der Waals surface area (Å²) in [6, 6.07) is 12.7. The van der Waals surface area contributed by atoms with Crippen LogP contribution in [0.2, 0.25) is 0 Å². The molecule has 2 heterocycles. The smallest absolute Gasteiger partial charge is 0.337 e. The number of benzene rings is 3. The molecule has 27 heteroatoms. The molecule has 0 unspecified atom stereocenters. The van der Waals surface area contributed by atoms with Gasteiger partial charge in [-0.15, -0.1) is 19.7 Å². The number of nitrogens with zero attached hydrogens (tertiary/aromatic N) is 8. The number of aromatic hydroxyl groups is 1. The first-order chi connectivity index (χ1) is 31.7. The van der Waals surface area contributed by atoms with Crippen LogP contribution in [0.15, 0.2) is 101 Å². The summed E-state index contributed by atoms with van der Waals surface area (Å²) in [5.74, 6) is -3.67. The molecule has 5 aromatic rings. The lowest BCUT2D eigenvalue weighted by Crippen LogP contribution is -2.15. The molecule has 0 atom stereocenters. The summed E-state index contributed by atoms with van der Waals surface area (Å²) in [5, 5.41) is 59.3. The Kier molecular flexibility index (Phi) is 15.8. The number of ether oxygens (including phenoxy) is 2. The van der Waals surface area contributed by atoms with E-state index < -0.39 is 49.5 Å². The maximum Gasteiger partial charge on any atom is 0.337 e. The highest BCUT2D eigenvalue weighted by atomic mass is 32.2. The van der Waals surface area contributed by atoms with Crippen molar-refractivity contribution in [2.75, 3.05) is 24.7 Å². The number of para-hydroxylation sites is 2. The minimum absolute atomic E-state index is 0.00756. The molecule has 0 radical (unpaired) electrons. The molecule has 0 saturated heterocycles. The molecule has 3 aromatic carbocycles. The minimum Gasteiger partial charge on any atom is -0.493 e. The van der Waals surface area contributed by atoms with Gasteiger partial charge in [0.25, 0.3) is 26.1 Å². The standard InChI is InChI=1S/C40H41N9O15S3/c1-21-16-30(33(61-12-6-14-66(55,56)57)19-28(21)44-43-26-11-10-24(65-64-63-54)18-25(26)40(52)53)46-45-29-20-34(62-13-7-15-67(58,59)60)31(17-22(29)2)47-48-36-23(3)35(37(41)50)38-42-27-8-4-5-9-32(27)49(38)39(36)51/h4-5,8-9,16-20,51,54H,6-7,10-15H2,1-3H3,(H2,41,50)(H,52,53)(H,55,56,57)(H,58,59,60). The van der Waals surface area contributed by atoms with Crippen LogP contribution in [0.5, 0.6) is 17.4 Å². The maximum atomic E-state index is 12.7. The summed E-state index contributed by atoms with van der Waals surface area (Å²) in [6.45, 7) is 4.40. The number of amides is 1. The van der Waals surface area contributed by atoms with E-state index in [1.54, 1.807) is 38.1 Å². The first-order valence-electron chi connectivity index (χ1n) is 19.7. The van der Waals surface area contributed by atoms with E-state index in [9.17, 15) is 45.7 Å². The first-order valence-corrected chi connectivity index (χ1v) is 23.6. The number of carboxylic acids is 1. The molecule has 2 aromatic heterocycles. The van der Waals surface area contributed by atoms with E-state index in [1.807, 2.05) is 0 Å². The van der Waals surface area contributed by atoms with Gasteiger partial charge in [-0.05, 0) is 93.5 Å². The highest BCUT2D eigenvalue weighted by Crippen LogP contribution is 2.43. The summed E-state index contributed by atoms with van der Waals surface area (Å²) in [5.41, 5.74) is 8.38. The number of allylic oxidation sites excluding steroid dienone is 2. The molecule has 354 valence electrons. The van der Waals surface area contributed by atoms with Crippen LogP contribution in [0.1, 0.15) is 52.7 Å². The number of aromatic nitrogens is 2. The van der Waals surface area contributed by atoms with Crippen LogP contribution in [-0.2, 0) is 34.4 Å². The van der Waals surface area contributed by atoms with Crippen LogP contribution < -0.4 is 15.2 Å². The summed E-state index contributed by atoms with van der Waals surface area (Å²) in [7, 11) is -8.63. The normalized spacial score (nSPS) is 13.7. The molecule has 0 spiro atoms. The zero-order valence-corrected chi connectivity index (χ0v) is 38.0. The highest BCUT2D eigenvalue weighted by molar-refractivity contribution is 7.98. The molecule has 0 saturated carbocycles. The Balaban J connectivity index is 1.38. The largest absolute Gasteiger partial charge is 0.493 e. The number of aryl methyl sites for hydroxylation is 2. The lowest BCUT2D eigenvalue weighted by atomic mass is 10.0. The van der Waals surface area contributed by atoms with Gasteiger partial charge in [0, 0.05) is 17.0 Å². The second kappa shape index (κ2) is 21.3. The number of pyridine rings is 1. The molecule has 0 bridgehead atoms.